The van der Waals surface area contributed by atoms with Crippen LogP contribution in [0.2, 0.25) is 0 Å². The highest BCUT2D eigenvalue weighted by Crippen LogP contribution is 2.14. The minimum atomic E-state index is -0.168. The smallest absolute Gasteiger partial charge is 0.243 e. The molecule has 2 aromatic heterocycles. The number of thiazole rings is 1. The highest BCUT2D eigenvalue weighted by Gasteiger charge is 2.13. The van der Waals surface area contributed by atoms with Crippen molar-refractivity contribution in [1.29, 1.82) is 0 Å². The van der Waals surface area contributed by atoms with Crippen molar-refractivity contribution in [2.75, 3.05) is 0 Å². The van der Waals surface area contributed by atoms with Crippen LogP contribution in [0, 0.1) is 6.92 Å². The number of hydrogen-bond donors (Lipinski definition) is 1. The van der Waals surface area contributed by atoms with Crippen LogP contribution >= 0.6 is 11.3 Å². The van der Waals surface area contributed by atoms with Gasteiger partial charge in [-0.25, -0.2) is 4.98 Å². The molecular weight excluding hydrogens is 224 g/mol. The van der Waals surface area contributed by atoms with E-state index in [1.165, 1.54) is 0 Å². The Morgan fingerprint density at radius 1 is 1.50 bits per heavy atom. The molecule has 0 aliphatic heterocycles. The van der Waals surface area contributed by atoms with Gasteiger partial charge >= 0.3 is 0 Å². The number of aromatic nitrogens is 3. The van der Waals surface area contributed by atoms with E-state index in [-0.39, 0.29) is 6.04 Å². The van der Waals surface area contributed by atoms with Gasteiger partial charge in [-0.1, -0.05) is 12.1 Å². The van der Waals surface area contributed by atoms with Gasteiger partial charge < -0.3 is 10.3 Å². The Labute approximate surface area is 97.7 Å². The molecule has 86 valence electrons. The average molecular weight is 238 g/mol. The third kappa shape index (κ3) is 2.45. The Bertz CT molecular complexity index is 465. The molecule has 0 spiro atoms. The Morgan fingerprint density at radius 2 is 2.31 bits per heavy atom. The molecule has 0 aliphatic rings. The molecule has 1 atom stereocenters. The van der Waals surface area contributed by atoms with E-state index in [2.05, 4.69) is 15.1 Å². The lowest BCUT2D eigenvalue weighted by Gasteiger charge is -1.98. The molecule has 0 radical (unpaired) electrons. The maximum Gasteiger partial charge on any atom is 0.243 e. The summed E-state index contributed by atoms with van der Waals surface area (Å²) in [4.78, 5) is 8.59. The molecule has 0 aliphatic carbocycles. The van der Waals surface area contributed by atoms with Crippen LogP contribution < -0.4 is 5.73 Å². The molecule has 5 nitrogen and oxygen atoms in total. The molecule has 2 rings (SSSR count). The molecule has 2 N–H and O–H groups in total. The van der Waals surface area contributed by atoms with Crippen LogP contribution in [-0.4, -0.2) is 15.1 Å². The van der Waals surface area contributed by atoms with E-state index < -0.39 is 0 Å². The molecule has 0 bridgehead atoms. The Hall–Kier alpha value is -1.27. The summed E-state index contributed by atoms with van der Waals surface area (Å²) in [5.74, 6) is 1.15. The van der Waals surface area contributed by atoms with E-state index in [0.29, 0.717) is 18.1 Å². The molecule has 2 aromatic rings. The first-order chi connectivity index (χ1) is 7.69. The van der Waals surface area contributed by atoms with E-state index in [0.717, 1.165) is 17.1 Å². The summed E-state index contributed by atoms with van der Waals surface area (Å²) in [5.41, 5.74) is 6.77. The standard InChI is InChI=1S/C10H14N4OS/c1-3-8(11)10-13-9(14-15-10)4-7-5-16-6(2)12-7/h5,8H,3-4,11H2,1-2H3/t8-/m0/s1. The van der Waals surface area contributed by atoms with Gasteiger partial charge in [0.05, 0.1) is 23.2 Å². The number of hydrogen-bond acceptors (Lipinski definition) is 6. The van der Waals surface area contributed by atoms with Gasteiger partial charge in [0.25, 0.3) is 0 Å². The fourth-order valence-electron chi connectivity index (χ4n) is 1.32. The molecule has 16 heavy (non-hydrogen) atoms. The molecule has 0 aromatic carbocycles. The topological polar surface area (TPSA) is 77.8 Å². The quantitative estimate of drug-likeness (QED) is 0.879. The molecule has 0 saturated heterocycles. The van der Waals surface area contributed by atoms with Gasteiger partial charge in [-0.15, -0.1) is 11.3 Å². The highest BCUT2D eigenvalue weighted by molar-refractivity contribution is 7.09. The number of aryl methyl sites for hydroxylation is 1. The van der Waals surface area contributed by atoms with Gasteiger partial charge in [-0.3, -0.25) is 0 Å². The van der Waals surface area contributed by atoms with Crippen molar-refractivity contribution in [2.45, 2.75) is 32.7 Å². The Kier molecular flexibility index (Phi) is 3.31. The second-order valence-electron chi connectivity index (χ2n) is 3.60. The summed E-state index contributed by atoms with van der Waals surface area (Å²) >= 11 is 1.62. The fraction of sp³-hybridized carbons (Fsp3) is 0.500. The van der Waals surface area contributed by atoms with Crippen LogP contribution in [0.5, 0.6) is 0 Å². The SMILES string of the molecule is CC[C@H](N)c1nc(Cc2csc(C)n2)no1. The van der Waals surface area contributed by atoms with E-state index in [1.807, 2.05) is 19.2 Å². The monoisotopic (exact) mass is 238 g/mol. The summed E-state index contributed by atoms with van der Waals surface area (Å²) in [7, 11) is 0. The predicted octanol–water partition coefficient (Wildman–Crippen LogP) is 1.84. The minimum absolute atomic E-state index is 0.168. The van der Waals surface area contributed by atoms with Gasteiger partial charge in [0.1, 0.15) is 0 Å². The van der Waals surface area contributed by atoms with E-state index in [9.17, 15) is 0 Å². The summed E-state index contributed by atoms with van der Waals surface area (Å²) in [5, 5.41) is 6.94. The Morgan fingerprint density at radius 3 is 2.94 bits per heavy atom. The van der Waals surface area contributed by atoms with Gasteiger partial charge in [0, 0.05) is 5.38 Å². The largest absolute Gasteiger partial charge is 0.338 e. The lowest BCUT2D eigenvalue weighted by Crippen LogP contribution is -2.08. The number of nitrogens with zero attached hydrogens (tertiary/aromatic N) is 3. The average Bonchev–Trinajstić information content (AvgIpc) is 2.87. The maximum absolute atomic E-state index is 5.80. The molecule has 0 unspecified atom stereocenters. The minimum Gasteiger partial charge on any atom is -0.338 e. The first-order valence-electron chi connectivity index (χ1n) is 5.18. The van der Waals surface area contributed by atoms with Gasteiger partial charge in [-0.2, -0.15) is 4.98 Å². The summed E-state index contributed by atoms with van der Waals surface area (Å²) in [6.45, 7) is 3.96. The van der Waals surface area contributed by atoms with Gasteiger partial charge in [0.15, 0.2) is 5.82 Å². The zero-order valence-corrected chi connectivity index (χ0v) is 10.1. The van der Waals surface area contributed by atoms with Crippen molar-refractivity contribution >= 4 is 11.3 Å². The predicted molar refractivity (Wildman–Crippen MR) is 61.2 cm³/mol. The zero-order valence-electron chi connectivity index (χ0n) is 9.30. The van der Waals surface area contributed by atoms with Crippen LogP contribution in [0.4, 0.5) is 0 Å². The molecule has 6 heteroatoms. The van der Waals surface area contributed by atoms with Gasteiger partial charge in [0.2, 0.25) is 5.89 Å². The van der Waals surface area contributed by atoms with Crippen molar-refractivity contribution in [1.82, 2.24) is 15.1 Å². The fourth-order valence-corrected chi connectivity index (χ4v) is 1.93. The summed E-state index contributed by atoms with van der Waals surface area (Å²) in [6.07, 6.45) is 1.39. The molecular formula is C10H14N4OS. The molecule has 0 fully saturated rings. The highest BCUT2D eigenvalue weighted by atomic mass is 32.1. The molecule has 2 heterocycles. The maximum atomic E-state index is 5.80. The molecule has 0 amide bonds. The number of rotatable bonds is 4. The summed E-state index contributed by atoms with van der Waals surface area (Å²) in [6, 6.07) is -0.168. The molecule has 0 saturated carbocycles. The van der Waals surface area contributed by atoms with Crippen molar-refractivity contribution in [3.63, 3.8) is 0 Å². The summed E-state index contributed by atoms with van der Waals surface area (Å²) < 4.78 is 5.09. The first kappa shape index (κ1) is 11.2. The van der Waals surface area contributed by atoms with E-state index >= 15 is 0 Å². The van der Waals surface area contributed by atoms with Crippen LogP contribution in [0.15, 0.2) is 9.90 Å². The van der Waals surface area contributed by atoms with Crippen LogP contribution in [0.3, 0.4) is 0 Å². The lowest BCUT2D eigenvalue weighted by atomic mass is 10.2. The third-order valence-corrected chi connectivity index (χ3v) is 3.07. The lowest BCUT2D eigenvalue weighted by molar-refractivity contribution is 0.348. The normalized spacial score (nSPS) is 12.9. The zero-order chi connectivity index (χ0) is 11.5. The van der Waals surface area contributed by atoms with Gasteiger partial charge in [-0.05, 0) is 13.3 Å². The van der Waals surface area contributed by atoms with Crippen LogP contribution in [0.1, 0.15) is 41.8 Å². The number of nitrogens with two attached hydrogens (primary N) is 1. The first-order valence-corrected chi connectivity index (χ1v) is 6.06. The van der Waals surface area contributed by atoms with Crippen LogP contribution in [-0.2, 0) is 6.42 Å². The van der Waals surface area contributed by atoms with Crippen molar-refractivity contribution in [3.8, 4) is 0 Å². The van der Waals surface area contributed by atoms with E-state index in [4.69, 9.17) is 10.3 Å². The third-order valence-electron chi connectivity index (χ3n) is 2.25. The van der Waals surface area contributed by atoms with E-state index in [1.54, 1.807) is 11.3 Å². The van der Waals surface area contributed by atoms with Crippen molar-refractivity contribution in [3.05, 3.63) is 27.8 Å². The van der Waals surface area contributed by atoms with Crippen molar-refractivity contribution < 1.29 is 4.52 Å². The second kappa shape index (κ2) is 4.71. The Balaban J connectivity index is 2.08. The van der Waals surface area contributed by atoms with Crippen molar-refractivity contribution in [2.24, 2.45) is 5.73 Å². The van der Waals surface area contributed by atoms with Crippen LogP contribution in [0.25, 0.3) is 0 Å². The second-order valence-corrected chi connectivity index (χ2v) is 4.66.